The molecule has 0 bridgehead atoms. The zero-order chi connectivity index (χ0) is 13.6. The molecule has 1 nitrogen and oxygen atoms in total. The van der Waals surface area contributed by atoms with Crippen LogP contribution in [0.5, 0.6) is 0 Å². The van der Waals surface area contributed by atoms with E-state index in [1.165, 1.54) is 22.0 Å². The Kier molecular flexibility index (Phi) is 3.79. The summed E-state index contributed by atoms with van der Waals surface area (Å²) in [5.74, 6) is 0. The fourth-order valence-electron chi connectivity index (χ4n) is 2.31. The van der Waals surface area contributed by atoms with Crippen LogP contribution < -0.4 is 5.32 Å². The fourth-order valence-corrected chi connectivity index (χ4v) is 2.31. The molecule has 0 amide bonds. The Labute approximate surface area is 119 Å². The minimum Gasteiger partial charge on any atom is -0.381 e. The normalized spacial score (nSPS) is 11.0. The molecule has 3 aromatic rings. The number of rotatable bonds is 4. The topological polar surface area (TPSA) is 12.0 Å². The lowest BCUT2D eigenvalue weighted by atomic mass is 10.1. The third kappa shape index (κ3) is 2.89. The monoisotopic (exact) mass is 259 g/mol. The molecule has 0 saturated carbocycles. The molecule has 0 aliphatic carbocycles. The molecule has 1 N–H and O–H groups in total. The summed E-state index contributed by atoms with van der Waals surface area (Å²) in [4.78, 5) is 0. The standard InChI is InChI=1S/C19H17N/c1-2-8-16(9-3-1)10-7-15-20-19-14-6-12-17-11-4-5-13-18(17)19/h1-14,20H,15H2. The molecule has 0 heterocycles. The van der Waals surface area contributed by atoms with Gasteiger partial charge in [0.05, 0.1) is 0 Å². The molecular formula is C19H17N. The van der Waals surface area contributed by atoms with Gasteiger partial charge in [0.1, 0.15) is 0 Å². The molecule has 0 aromatic heterocycles. The fraction of sp³-hybridized carbons (Fsp3) is 0.0526. The van der Waals surface area contributed by atoms with Crippen molar-refractivity contribution in [2.24, 2.45) is 0 Å². The lowest BCUT2D eigenvalue weighted by molar-refractivity contribution is 1.36. The van der Waals surface area contributed by atoms with Crippen molar-refractivity contribution in [1.82, 2.24) is 0 Å². The summed E-state index contributed by atoms with van der Waals surface area (Å²) in [7, 11) is 0. The molecule has 0 aliphatic heterocycles. The minimum atomic E-state index is 0.822. The second-order valence-electron chi connectivity index (χ2n) is 4.72. The number of benzene rings is 3. The lowest BCUT2D eigenvalue weighted by Gasteiger charge is -2.07. The molecule has 98 valence electrons. The van der Waals surface area contributed by atoms with Crippen LogP contribution in [0.4, 0.5) is 5.69 Å². The number of hydrogen-bond acceptors (Lipinski definition) is 1. The average Bonchev–Trinajstić information content (AvgIpc) is 2.53. The van der Waals surface area contributed by atoms with E-state index in [4.69, 9.17) is 0 Å². The van der Waals surface area contributed by atoms with Gasteiger partial charge in [-0.15, -0.1) is 0 Å². The summed E-state index contributed by atoms with van der Waals surface area (Å²) >= 11 is 0. The first-order valence-corrected chi connectivity index (χ1v) is 6.87. The molecule has 0 aliphatic rings. The van der Waals surface area contributed by atoms with E-state index >= 15 is 0 Å². The van der Waals surface area contributed by atoms with Gasteiger partial charge in [0.15, 0.2) is 0 Å². The van der Waals surface area contributed by atoms with Crippen LogP contribution in [0.15, 0.2) is 78.9 Å². The molecule has 0 unspecified atom stereocenters. The number of fused-ring (bicyclic) bond motifs is 1. The van der Waals surface area contributed by atoms with Gasteiger partial charge < -0.3 is 5.32 Å². The maximum absolute atomic E-state index is 3.47. The van der Waals surface area contributed by atoms with Gasteiger partial charge in [-0.2, -0.15) is 0 Å². The Bertz CT molecular complexity index is 709. The zero-order valence-electron chi connectivity index (χ0n) is 11.3. The summed E-state index contributed by atoms with van der Waals surface area (Å²) in [6.45, 7) is 0.822. The largest absolute Gasteiger partial charge is 0.381 e. The van der Waals surface area contributed by atoms with Gasteiger partial charge in [-0.25, -0.2) is 0 Å². The quantitative estimate of drug-likeness (QED) is 0.698. The summed E-state index contributed by atoms with van der Waals surface area (Å²) in [5.41, 5.74) is 2.41. The van der Waals surface area contributed by atoms with Gasteiger partial charge in [-0.1, -0.05) is 78.9 Å². The molecular weight excluding hydrogens is 242 g/mol. The predicted octanol–water partition coefficient (Wildman–Crippen LogP) is 4.97. The summed E-state index contributed by atoms with van der Waals surface area (Å²) in [5, 5.41) is 6.01. The Hall–Kier alpha value is -2.54. The molecule has 20 heavy (non-hydrogen) atoms. The highest BCUT2D eigenvalue weighted by atomic mass is 14.9. The van der Waals surface area contributed by atoms with Crippen LogP contribution in [0.2, 0.25) is 0 Å². The summed E-state index contributed by atoms with van der Waals surface area (Å²) in [6.07, 6.45) is 4.29. The lowest BCUT2D eigenvalue weighted by Crippen LogP contribution is -1.98. The number of hydrogen-bond donors (Lipinski definition) is 1. The Balaban J connectivity index is 1.70. The second kappa shape index (κ2) is 6.07. The van der Waals surface area contributed by atoms with E-state index in [0.29, 0.717) is 0 Å². The van der Waals surface area contributed by atoms with Crippen molar-refractivity contribution in [1.29, 1.82) is 0 Å². The second-order valence-corrected chi connectivity index (χ2v) is 4.72. The Morgan fingerprint density at radius 1 is 0.750 bits per heavy atom. The van der Waals surface area contributed by atoms with Crippen molar-refractivity contribution in [2.45, 2.75) is 0 Å². The summed E-state index contributed by atoms with van der Waals surface area (Å²) < 4.78 is 0. The highest BCUT2D eigenvalue weighted by Gasteiger charge is 1.97. The molecule has 0 spiro atoms. The van der Waals surface area contributed by atoms with E-state index in [1.807, 2.05) is 6.07 Å². The minimum absolute atomic E-state index is 0.822. The van der Waals surface area contributed by atoms with Crippen molar-refractivity contribution in [3.8, 4) is 0 Å². The van der Waals surface area contributed by atoms with E-state index in [9.17, 15) is 0 Å². The molecule has 3 rings (SSSR count). The van der Waals surface area contributed by atoms with Crippen molar-refractivity contribution < 1.29 is 0 Å². The molecule has 0 saturated heterocycles. The highest BCUT2D eigenvalue weighted by Crippen LogP contribution is 2.22. The van der Waals surface area contributed by atoms with Gasteiger partial charge in [-0.05, 0) is 17.0 Å². The zero-order valence-corrected chi connectivity index (χ0v) is 11.3. The molecule has 0 radical (unpaired) electrons. The molecule has 0 atom stereocenters. The highest BCUT2D eigenvalue weighted by molar-refractivity contribution is 5.93. The van der Waals surface area contributed by atoms with Gasteiger partial charge in [-0.3, -0.25) is 0 Å². The van der Waals surface area contributed by atoms with E-state index in [-0.39, 0.29) is 0 Å². The van der Waals surface area contributed by atoms with Crippen molar-refractivity contribution in [3.05, 3.63) is 84.4 Å². The third-order valence-electron chi connectivity index (χ3n) is 3.31. The molecule has 1 heteroatoms. The number of nitrogens with one attached hydrogen (secondary N) is 1. The Morgan fingerprint density at radius 2 is 1.50 bits per heavy atom. The third-order valence-corrected chi connectivity index (χ3v) is 3.31. The smallest absolute Gasteiger partial charge is 0.0422 e. The van der Waals surface area contributed by atoms with E-state index < -0.39 is 0 Å². The molecule has 0 fully saturated rings. The van der Waals surface area contributed by atoms with Crippen molar-refractivity contribution >= 4 is 22.5 Å². The molecule has 3 aromatic carbocycles. The van der Waals surface area contributed by atoms with Crippen LogP contribution in [0.1, 0.15) is 5.56 Å². The number of anilines is 1. The Morgan fingerprint density at radius 3 is 2.40 bits per heavy atom. The maximum atomic E-state index is 3.47. The van der Waals surface area contributed by atoms with E-state index in [2.05, 4.69) is 84.2 Å². The average molecular weight is 259 g/mol. The van der Waals surface area contributed by atoms with E-state index in [1.54, 1.807) is 0 Å². The van der Waals surface area contributed by atoms with Crippen LogP contribution in [-0.2, 0) is 0 Å². The van der Waals surface area contributed by atoms with Crippen molar-refractivity contribution in [2.75, 3.05) is 11.9 Å². The van der Waals surface area contributed by atoms with Crippen LogP contribution in [-0.4, -0.2) is 6.54 Å². The van der Waals surface area contributed by atoms with E-state index in [0.717, 1.165) is 6.54 Å². The van der Waals surface area contributed by atoms with Gasteiger partial charge in [0, 0.05) is 17.6 Å². The first kappa shape index (κ1) is 12.5. The first-order chi connectivity index (χ1) is 9.93. The maximum Gasteiger partial charge on any atom is 0.0422 e. The van der Waals surface area contributed by atoms with Crippen LogP contribution in [0.25, 0.3) is 16.8 Å². The van der Waals surface area contributed by atoms with Gasteiger partial charge in [0.2, 0.25) is 0 Å². The summed E-state index contributed by atoms with van der Waals surface area (Å²) in [6, 6.07) is 25.1. The van der Waals surface area contributed by atoms with Crippen LogP contribution in [0.3, 0.4) is 0 Å². The van der Waals surface area contributed by atoms with Gasteiger partial charge in [0.25, 0.3) is 0 Å². The van der Waals surface area contributed by atoms with Crippen LogP contribution in [0, 0.1) is 0 Å². The van der Waals surface area contributed by atoms with Crippen molar-refractivity contribution in [3.63, 3.8) is 0 Å². The van der Waals surface area contributed by atoms with Crippen LogP contribution >= 0.6 is 0 Å². The van der Waals surface area contributed by atoms with Gasteiger partial charge >= 0.3 is 0 Å². The SMILES string of the molecule is C(=Cc1ccccc1)CNc1cccc2ccccc12. The first-order valence-electron chi connectivity index (χ1n) is 6.87. The predicted molar refractivity (Wildman–Crippen MR) is 87.9 cm³/mol.